The number of aromatic carboxylic acids is 1. The van der Waals surface area contributed by atoms with Gasteiger partial charge in [-0.15, -0.1) is 0 Å². The summed E-state index contributed by atoms with van der Waals surface area (Å²) in [7, 11) is 0. The SMILES string of the molecule is O=C(O)c1cccc(Oc2ccc3c(c2)CC[C@H](CNC[C@H](O)COc2ccccc2)O3)c1. The molecule has 0 fully saturated rings. The summed E-state index contributed by atoms with van der Waals surface area (Å²) in [4.78, 5) is 11.1. The van der Waals surface area contributed by atoms with Gasteiger partial charge in [-0.2, -0.15) is 0 Å². The van der Waals surface area contributed by atoms with E-state index in [0.717, 1.165) is 29.9 Å². The van der Waals surface area contributed by atoms with Crippen molar-refractivity contribution in [3.8, 4) is 23.0 Å². The van der Waals surface area contributed by atoms with E-state index in [2.05, 4.69) is 5.32 Å². The fourth-order valence-corrected chi connectivity index (χ4v) is 3.64. The summed E-state index contributed by atoms with van der Waals surface area (Å²) in [6.07, 6.45) is 1.08. The van der Waals surface area contributed by atoms with Crippen molar-refractivity contribution in [2.45, 2.75) is 25.0 Å². The van der Waals surface area contributed by atoms with Gasteiger partial charge < -0.3 is 29.7 Å². The average molecular weight is 450 g/mol. The Morgan fingerprint density at radius 1 is 1.03 bits per heavy atom. The van der Waals surface area contributed by atoms with Gasteiger partial charge in [-0.1, -0.05) is 24.3 Å². The molecule has 7 nitrogen and oxygen atoms in total. The molecule has 172 valence electrons. The molecule has 1 aliphatic rings. The Bertz CT molecular complexity index is 1070. The van der Waals surface area contributed by atoms with E-state index in [1.807, 2.05) is 48.5 Å². The maximum absolute atomic E-state index is 11.1. The Hall–Kier alpha value is -3.55. The van der Waals surface area contributed by atoms with E-state index in [4.69, 9.17) is 19.3 Å². The number of fused-ring (bicyclic) bond motifs is 1. The number of aliphatic hydroxyl groups excluding tert-OH is 1. The van der Waals surface area contributed by atoms with E-state index in [-0.39, 0.29) is 18.3 Å². The second-order valence-electron chi connectivity index (χ2n) is 7.92. The Balaban J connectivity index is 1.23. The van der Waals surface area contributed by atoms with Crippen LogP contribution in [0, 0.1) is 0 Å². The molecule has 3 aromatic rings. The molecule has 0 aliphatic carbocycles. The number of carbonyl (C=O) groups is 1. The zero-order valence-electron chi connectivity index (χ0n) is 18.1. The smallest absolute Gasteiger partial charge is 0.335 e. The van der Waals surface area contributed by atoms with E-state index in [9.17, 15) is 9.90 Å². The number of nitrogens with one attached hydrogen (secondary N) is 1. The summed E-state index contributed by atoms with van der Waals surface area (Å²) in [5.41, 5.74) is 1.23. The van der Waals surface area contributed by atoms with Crippen LogP contribution in [0.1, 0.15) is 22.3 Å². The molecular formula is C26H27NO6. The van der Waals surface area contributed by atoms with E-state index in [1.54, 1.807) is 12.1 Å². The molecule has 0 bridgehead atoms. The molecule has 0 saturated carbocycles. The zero-order chi connectivity index (χ0) is 23.0. The third kappa shape index (κ3) is 6.47. The van der Waals surface area contributed by atoms with Crippen LogP contribution in [0.25, 0.3) is 0 Å². The van der Waals surface area contributed by atoms with Gasteiger partial charge in [0.15, 0.2) is 0 Å². The highest BCUT2D eigenvalue weighted by molar-refractivity contribution is 5.88. The molecular weight excluding hydrogens is 422 g/mol. The molecule has 3 aromatic carbocycles. The standard InChI is InChI=1S/C26H27NO6/c28-20(17-31-21-6-2-1-3-7-21)15-27-16-24-10-9-18-13-23(11-12-25(18)33-24)32-22-8-4-5-19(14-22)26(29)30/h1-8,11-14,20,24,27-28H,9-10,15-17H2,(H,29,30)/t20-,24+/m0/s1. The summed E-state index contributed by atoms with van der Waals surface area (Å²) < 4.78 is 17.5. The van der Waals surface area contributed by atoms with Gasteiger partial charge in [0.25, 0.3) is 0 Å². The van der Waals surface area contributed by atoms with Gasteiger partial charge in [0.2, 0.25) is 0 Å². The van der Waals surface area contributed by atoms with Gasteiger partial charge in [0, 0.05) is 13.1 Å². The van der Waals surface area contributed by atoms with Gasteiger partial charge in [-0.3, -0.25) is 0 Å². The minimum absolute atomic E-state index is 0.0127. The van der Waals surface area contributed by atoms with Crippen LogP contribution in [-0.4, -0.2) is 48.1 Å². The number of aryl methyl sites for hydroxylation is 1. The van der Waals surface area contributed by atoms with Crippen LogP contribution in [0.4, 0.5) is 0 Å². The van der Waals surface area contributed by atoms with Crippen LogP contribution in [0.2, 0.25) is 0 Å². The fourth-order valence-electron chi connectivity index (χ4n) is 3.64. The highest BCUT2D eigenvalue weighted by Gasteiger charge is 2.20. The first-order valence-electron chi connectivity index (χ1n) is 10.9. The lowest BCUT2D eigenvalue weighted by Crippen LogP contribution is -2.39. The predicted octanol–water partition coefficient (Wildman–Crippen LogP) is 3.90. The van der Waals surface area contributed by atoms with E-state index in [1.165, 1.54) is 12.1 Å². The Labute approximate surface area is 192 Å². The van der Waals surface area contributed by atoms with E-state index >= 15 is 0 Å². The number of para-hydroxylation sites is 1. The van der Waals surface area contributed by atoms with Crippen LogP contribution in [-0.2, 0) is 6.42 Å². The third-order valence-corrected chi connectivity index (χ3v) is 5.32. The summed E-state index contributed by atoms with van der Waals surface area (Å²) in [6, 6.07) is 21.4. The molecule has 4 rings (SSSR count). The number of rotatable bonds is 10. The second-order valence-corrected chi connectivity index (χ2v) is 7.92. The van der Waals surface area contributed by atoms with Crippen molar-refractivity contribution in [2.75, 3.05) is 19.7 Å². The first-order chi connectivity index (χ1) is 16.1. The maximum Gasteiger partial charge on any atom is 0.335 e. The second kappa shape index (κ2) is 10.8. The predicted molar refractivity (Wildman–Crippen MR) is 123 cm³/mol. The van der Waals surface area contributed by atoms with Crippen LogP contribution in [0.5, 0.6) is 23.0 Å². The van der Waals surface area contributed by atoms with Gasteiger partial charge >= 0.3 is 5.97 Å². The Morgan fingerprint density at radius 2 is 1.82 bits per heavy atom. The molecule has 7 heteroatoms. The molecule has 3 N–H and O–H groups in total. The molecule has 2 atom stereocenters. The monoisotopic (exact) mass is 449 g/mol. The lowest BCUT2D eigenvalue weighted by atomic mass is 10.0. The summed E-state index contributed by atoms with van der Waals surface area (Å²) in [6.45, 7) is 1.27. The van der Waals surface area contributed by atoms with Gasteiger partial charge in [0.05, 0.1) is 5.56 Å². The number of hydrogen-bond acceptors (Lipinski definition) is 6. The van der Waals surface area contributed by atoms with Crippen molar-refractivity contribution in [1.82, 2.24) is 5.32 Å². The Morgan fingerprint density at radius 3 is 2.64 bits per heavy atom. The number of carboxylic acids is 1. The van der Waals surface area contributed by atoms with Crippen molar-refractivity contribution in [3.05, 3.63) is 83.9 Å². The quantitative estimate of drug-likeness (QED) is 0.432. The number of aliphatic hydroxyl groups is 1. The largest absolute Gasteiger partial charge is 0.491 e. The lowest BCUT2D eigenvalue weighted by Gasteiger charge is -2.27. The van der Waals surface area contributed by atoms with Crippen molar-refractivity contribution in [3.63, 3.8) is 0 Å². The zero-order valence-corrected chi connectivity index (χ0v) is 18.1. The van der Waals surface area contributed by atoms with Crippen molar-refractivity contribution in [2.24, 2.45) is 0 Å². The number of ether oxygens (including phenoxy) is 3. The number of carboxylic acid groups (broad SMARTS) is 1. The highest BCUT2D eigenvalue weighted by atomic mass is 16.5. The molecule has 0 radical (unpaired) electrons. The first-order valence-corrected chi connectivity index (χ1v) is 10.9. The summed E-state index contributed by atoms with van der Waals surface area (Å²) in [5, 5.41) is 22.5. The van der Waals surface area contributed by atoms with Crippen LogP contribution >= 0.6 is 0 Å². The average Bonchev–Trinajstić information content (AvgIpc) is 2.83. The van der Waals surface area contributed by atoms with Crippen molar-refractivity contribution >= 4 is 5.97 Å². The van der Waals surface area contributed by atoms with Crippen molar-refractivity contribution < 1.29 is 29.2 Å². The highest BCUT2D eigenvalue weighted by Crippen LogP contribution is 2.32. The van der Waals surface area contributed by atoms with Gasteiger partial charge in [-0.25, -0.2) is 4.79 Å². The summed E-state index contributed by atoms with van der Waals surface area (Å²) in [5.74, 6) is 1.67. The molecule has 1 heterocycles. The molecule has 0 unspecified atom stereocenters. The van der Waals surface area contributed by atoms with Crippen LogP contribution in [0.15, 0.2) is 72.8 Å². The van der Waals surface area contributed by atoms with Crippen molar-refractivity contribution in [1.29, 1.82) is 0 Å². The van der Waals surface area contributed by atoms with Crippen LogP contribution < -0.4 is 19.5 Å². The molecule has 0 aromatic heterocycles. The molecule has 0 spiro atoms. The molecule has 1 aliphatic heterocycles. The molecule has 0 saturated heterocycles. The normalized spacial score (nSPS) is 15.7. The molecule has 0 amide bonds. The third-order valence-electron chi connectivity index (χ3n) is 5.32. The molecule has 33 heavy (non-hydrogen) atoms. The van der Waals surface area contributed by atoms with E-state index in [0.29, 0.717) is 24.6 Å². The lowest BCUT2D eigenvalue weighted by molar-refractivity contribution is 0.0696. The number of benzene rings is 3. The van der Waals surface area contributed by atoms with E-state index < -0.39 is 12.1 Å². The minimum Gasteiger partial charge on any atom is -0.491 e. The van der Waals surface area contributed by atoms with Gasteiger partial charge in [0.1, 0.15) is 41.8 Å². The van der Waals surface area contributed by atoms with Gasteiger partial charge in [-0.05, 0) is 66.9 Å². The topological polar surface area (TPSA) is 97.3 Å². The maximum atomic E-state index is 11.1. The first kappa shape index (κ1) is 22.6. The van der Waals surface area contributed by atoms with Crippen LogP contribution in [0.3, 0.4) is 0 Å². The fraction of sp³-hybridized carbons (Fsp3) is 0.269. The summed E-state index contributed by atoms with van der Waals surface area (Å²) >= 11 is 0. The number of hydrogen-bond donors (Lipinski definition) is 3. The Kier molecular flexibility index (Phi) is 7.44. The minimum atomic E-state index is -0.991.